The topological polar surface area (TPSA) is 59.3 Å². The molecule has 5 rings (SSSR count). The Morgan fingerprint density at radius 2 is 1.89 bits per heavy atom. The summed E-state index contributed by atoms with van der Waals surface area (Å²) < 4.78 is 4.06. The van der Waals surface area contributed by atoms with Crippen molar-refractivity contribution in [3.63, 3.8) is 0 Å². The summed E-state index contributed by atoms with van der Waals surface area (Å²) in [4.78, 5) is 31.0. The summed E-state index contributed by atoms with van der Waals surface area (Å²) in [6.07, 6.45) is 5.56. The van der Waals surface area contributed by atoms with Gasteiger partial charge in [0.1, 0.15) is 11.2 Å². The van der Waals surface area contributed by atoms with Crippen molar-refractivity contribution in [3.05, 3.63) is 76.9 Å². The molecule has 1 N–H and O–H groups in total. The van der Waals surface area contributed by atoms with Gasteiger partial charge in [0.25, 0.3) is 5.91 Å². The minimum atomic E-state index is -0.992. The first-order chi connectivity index (χ1) is 16.9. The van der Waals surface area contributed by atoms with E-state index >= 15 is 0 Å². The first-order valence-corrected chi connectivity index (χ1v) is 13.2. The van der Waals surface area contributed by atoms with Crippen LogP contribution in [0.2, 0.25) is 0 Å². The van der Waals surface area contributed by atoms with Crippen LogP contribution in [0.3, 0.4) is 0 Å². The Bertz CT molecular complexity index is 1340. The highest BCUT2D eigenvalue weighted by molar-refractivity contribution is 7.09. The van der Waals surface area contributed by atoms with E-state index in [4.69, 9.17) is 0 Å². The number of para-hydroxylation sites is 1. The highest BCUT2D eigenvalue weighted by Crippen LogP contribution is 2.37. The van der Waals surface area contributed by atoms with E-state index in [0.29, 0.717) is 31.2 Å². The molecule has 4 aromatic rings. The Morgan fingerprint density at radius 1 is 1.11 bits per heavy atom. The SMILES string of the molecule is CC(C)CCNC(=O)[C@]1(C)Cn2c(c(-n3cccc3)c3ccccc32)C(=O)N1CCc1cccs1. The van der Waals surface area contributed by atoms with Gasteiger partial charge >= 0.3 is 0 Å². The van der Waals surface area contributed by atoms with Crippen molar-refractivity contribution in [3.8, 4) is 5.69 Å². The molecule has 0 saturated heterocycles. The van der Waals surface area contributed by atoms with E-state index in [2.05, 4.69) is 35.9 Å². The van der Waals surface area contributed by atoms with Crippen molar-refractivity contribution in [1.29, 1.82) is 0 Å². The predicted octanol–water partition coefficient (Wildman–Crippen LogP) is 5.11. The molecule has 1 aliphatic rings. The molecule has 0 aliphatic carbocycles. The minimum Gasteiger partial charge on any atom is -0.354 e. The summed E-state index contributed by atoms with van der Waals surface area (Å²) in [5.74, 6) is 0.299. The molecule has 0 spiro atoms. The fourth-order valence-corrected chi connectivity index (χ4v) is 5.74. The van der Waals surface area contributed by atoms with E-state index in [9.17, 15) is 9.59 Å². The van der Waals surface area contributed by atoms with Crippen LogP contribution in [0.25, 0.3) is 16.6 Å². The van der Waals surface area contributed by atoms with Crippen LogP contribution in [0.1, 0.15) is 42.6 Å². The molecule has 3 aromatic heterocycles. The van der Waals surface area contributed by atoms with Crippen LogP contribution >= 0.6 is 11.3 Å². The van der Waals surface area contributed by atoms with Crippen LogP contribution in [0.4, 0.5) is 0 Å². The Balaban J connectivity index is 1.60. The Morgan fingerprint density at radius 3 is 2.60 bits per heavy atom. The van der Waals surface area contributed by atoms with Crippen LogP contribution in [0.5, 0.6) is 0 Å². The van der Waals surface area contributed by atoms with Crippen molar-refractivity contribution in [2.24, 2.45) is 5.92 Å². The zero-order chi connectivity index (χ0) is 24.6. The van der Waals surface area contributed by atoms with Gasteiger partial charge in [0.05, 0.1) is 17.7 Å². The van der Waals surface area contributed by atoms with Gasteiger partial charge < -0.3 is 19.4 Å². The van der Waals surface area contributed by atoms with Gasteiger partial charge in [-0.15, -0.1) is 11.3 Å². The number of aromatic nitrogens is 2. The number of hydrogen-bond acceptors (Lipinski definition) is 3. The van der Waals surface area contributed by atoms with Gasteiger partial charge in [-0.25, -0.2) is 0 Å². The van der Waals surface area contributed by atoms with Gasteiger partial charge in [0.2, 0.25) is 5.91 Å². The van der Waals surface area contributed by atoms with E-state index in [1.807, 2.05) is 65.7 Å². The summed E-state index contributed by atoms with van der Waals surface area (Å²) in [7, 11) is 0. The third-order valence-electron chi connectivity index (χ3n) is 6.97. The van der Waals surface area contributed by atoms with Crippen LogP contribution in [0.15, 0.2) is 66.3 Å². The molecule has 0 saturated carbocycles. The third-order valence-corrected chi connectivity index (χ3v) is 7.91. The van der Waals surface area contributed by atoms with E-state index < -0.39 is 5.54 Å². The van der Waals surface area contributed by atoms with Gasteiger partial charge in [-0.1, -0.05) is 38.1 Å². The lowest BCUT2D eigenvalue weighted by Gasteiger charge is -2.44. The summed E-state index contributed by atoms with van der Waals surface area (Å²) in [6.45, 7) is 7.70. The zero-order valence-corrected chi connectivity index (χ0v) is 21.3. The molecular formula is C28H32N4O2S. The third kappa shape index (κ3) is 4.18. The monoisotopic (exact) mass is 488 g/mol. The molecular weight excluding hydrogens is 456 g/mol. The summed E-state index contributed by atoms with van der Waals surface area (Å²) in [6, 6.07) is 16.1. The molecule has 2 amide bonds. The number of amides is 2. The van der Waals surface area contributed by atoms with E-state index in [0.717, 1.165) is 29.4 Å². The van der Waals surface area contributed by atoms with Crippen LogP contribution in [0, 0.1) is 5.92 Å². The highest BCUT2D eigenvalue weighted by atomic mass is 32.1. The van der Waals surface area contributed by atoms with Crippen LogP contribution in [-0.2, 0) is 17.8 Å². The van der Waals surface area contributed by atoms with Crippen molar-refractivity contribution in [2.75, 3.05) is 13.1 Å². The maximum Gasteiger partial charge on any atom is 0.273 e. The van der Waals surface area contributed by atoms with Crippen molar-refractivity contribution in [1.82, 2.24) is 19.4 Å². The van der Waals surface area contributed by atoms with Gasteiger partial charge in [-0.05, 0) is 55.3 Å². The summed E-state index contributed by atoms with van der Waals surface area (Å²) in [5.41, 5.74) is 1.49. The van der Waals surface area contributed by atoms with Crippen molar-refractivity contribution < 1.29 is 9.59 Å². The quantitative estimate of drug-likeness (QED) is 0.375. The van der Waals surface area contributed by atoms with E-state index in [1.54, 1.807) is 16.2 Å². The number of fused-ring (bicyclic) bond motifs is 3. The number of hydrogen-bond donors (Lipinski definition) is 1. The minimum absolute atomic E-state index is 0.0939. The maximum atomic E-state index is 14.3. The molecule has 0 radical (unpaired) electrons. The van der Waals surface area contributed by atoms with E-state index in [-0.39, 0.29) is 11.8 Å². The number of carbonyl (C=O) groups excluding carboxylic acids is 2. The number of nitrogens with zero attached hydrogens (tertiary/aromatic N) is 3. The Labute approximate surface area is 210 Å². The molecule has 1 aliphatic heterocycles. The molecule has 7 heteroatoms. The first kappa shape index (κ1) is 23.4. The molecule has 35 heavy (non-hydrogen) atoms. The molecule has 0 fully saturated rings. The Hall–Kier alpha value is -3.32. The average molecular weight is 489 g/mol. The Kier molecular flexibility index (Phi) is 6.28. The van der Waals surface area contributed by atoms with Crippen LogP contribution in [-0.4, -0.2) is 44.5 Å². The number of rotatable bonds is 8. The van der Waals surface area contributed by atoms with Gasteiger partial charge in [-0.3, -0.25) is 9.59 Å². The molecule has 4 heterocycles. The standard InChI is InChI=1S/C28H32N4O2S/c1-20(2)12-14-29-27(34)28(3)19-31-23-11-5-4-10-22(23)24(30-15-6-7-16-30)25(31)26(33)32(28)17-13-21-9-8-18-35-21/h4-11,15-16,18,20H,12-14,17,19H2,1-3H3,(H,29,34)/t28-/m0/s1. The smallest absolute Gasteiger partial charge is 0.273 e. The second-order valence-corrected chi connectivity index (χ2v) is 10.9. The largest absolute Gasteiger partial charge is 0.354 e. The maximum absolute atomic E-state index is 14.3. The molecule has 1 aromatic carbocycles. The lowest BCUT2D eigenvalue weighted by Crippen LogP contribution is -2.64. The average Bonchev–Trinajstić information content (AvgIpc) is 3.59. The normalized spacial score (nSPS) is 17.8. The summed E-state index contributed by atoms with van der Waals surface area (Å²) in [5, 5.41) is 6.19. The van der Waals surface area contributed by atoms with Crippen molar-refractivity contribution >= 4 is 34.1 Å². The van der Waals surface area contributed by atoms with Gasteiger partial charge in [0, 0.05) is 35.7 Å². The second kappa shape index (κ2) is 9.38. The highest BCUT2D eigenvalue weighted by Gasteiger charge is 2.48. The molecule has 182 valence electrons. The zero-order valence-electron chi connectivity index (χ0n) is 20.5. The molecule has 0 unspecified atom stereocenters. The number of carbonyl (C=O) groups is 2. The molecule has 0 bridgehead atoms. The number of thiophene rings is 1. The number of nitrogens with one attached hydrogen (secondary N) is 1. The first-order valence-electron chi connectivity index (χ1n) is 12.3. The van der Waals surface area contributed by atoms with Crippen LogP contribution < -0.4 is 5.32 Å². The number of benzene rings is 1. The van der Waals surface area contributed by atoms with Gasteiger partial charge in [0.15, 0.2) is 0 Å². The fourth-order valence-electron chi connectivity index (χ4n) is 5.04. The molecule has 1 atom stereocenters. The predicted molar refractivity (Wildman–Crippen MR) is 141 cm³/mol. The van der Waals surface area contributed by atoms with E-state index in [1.165, 1.54) is 4.88 Å². The van der Waals surface area contributed by atoms with Crippen molar-refractivity contribution in [2.45, 2.75) is 45.7 Å². The fraction of sp³-hybridized carbons (Fsp3) is 0.357. The summed E-state index contributed by atoms with van der Waals surface area (Å²) >= 11 is 1.68. The lowest BCUT2D eigenvalue weighted by atomic mass is 9.94. The van der Waals surface area contributed by atoms with Gasteiger partial charge in [-0.2, -0.15) is 0 Å². The molecule has 6 nitrogen and oxygen atoms in total. The second-order valence-electron chi connectivity index (χ2n) is 9.89. The lowest BCUT2D eigenvalue weighted by molar-refractivity contribution is -0.132.